The summed E-state index contributed by atoms with van der Waals surface area (Å²) >= 11 is 0. The molecule has 0 spiro atoms. The van der Waals surface area contributed by atoms with Crippen molar-refractivity contribution in [3.8, 4) is 0 Å². The predicted molar refractivity (Wildman–Crippen MR) is 66.0 cm³/mol. The molecule has 0 aliphatic heterocycles. The van der Waals surface area contributed by atoms with E-state index in [0.29, 0.717) is 12.1 Å². The number of benzene rings is 1. The van der Waals surface area contributed by atoms with Gasteiger partial charge in [0, 0.05) is 12.6 Å². The van der Waals surface area contributed by atoms with Gasteiger partial charge in [-0.15, -0.1) is 0 Å². The fraction of sp³-hybridized carbons (Fsp3) is 0.333. The first-order chi connectivity index (χ1) is 8.43. The lowest BCUT2D eigenvalue weighted by Crippen LogP contribution is -2.28. The van der Waals surface area contributed by atoms with E-state index in [1.54, 1.807) is 6.92 Å². The van der Waals surface area contributed by atoms with Gasteiger partial charge in [0.05, 0.1) is 5.69 Å². The fourth-order valence-corrected chi connectivity index (χ4v) is 1.44. The maximum absolute atomic E-state index is 13.5. The summed E-state index contributed by atoms with van der Waals surface area (Å²) in [4.78, 5) is 21.7. The second-order valence-electron chi connectivity index (χ2n) is 3.82. The van der Waals surface area contributed by atoms with E-state index in [9.17, 15) is 14.0 Å². The zero-order valence-electron chi connectivity index (χ0n) is 10.2. The molecule has 3 N–H and O–H groups in total. The largest absolute Gasteiger partial charge is 0.480 e. The van der Waals surface area contributed by atoms with Crippen LogP contribution in [0.3, 0.4) is 0 Å². The summed E-state index contributed by atoms with van der Waals surface area (Å²) < 4.78 is 13.5. The summed E-state index contributed by atoms with van der Waals surface area (Å²) in [5, 5.41) is 14.0. The van der Waals surface area contributed by atoms with Crippen LogP contribution in [-0.2, 0) is 9.59 Å². The number of aliphatic carboxylic acids is 1. The highest BCUT2D eigenvalue weighted by atomic mass is 19.1. The Balaban J connectivity index is 2.93. The van der Waals surface area contributed by atoms with Gasteiger partial charge in [0.1, 0.15) is 11.9 Å². The Morgan fingerprint density at radius 2 is 2.11 bits per heavy atom. The fourth-order valence-electron chi connectivity index (χ4n) is 1.44. The summed E-state index contributed by atoms with van der Waals surface area (Å²) in [6, 6.07) is 3.07. The van der Waals surface area contributed by atoms with Crippen molar-refractivity contribution < 1.29 is 19.1 Å². The third-order valence-corrected chi connectivity index (χ3v) is 2.32. The van der Waals surface area contributed by atoms with Gasteiger partial charge in [-0.1, -0.05) is 6.92 Å². The Kier molecular flexibility index (Phi) is 4.65. The molecule has 5 nitrogen and oxygen atoms in total. The number of carboxylic acids is 1. The lowest BCUT2D eigenvalue weighted by molar-refractivity contribution is -0.138. The van der Waals surface area contributed by atoms with Crippen LogP contribution in [0.5, 0.6) is 0 Å². The number of carboxylic acid groups (broad SMARTS) is 1. The molecule has 1 atom stereocenters. The molecule has 0 heterocycles. The normalized spacial score (nSPS) is 11.7. The Bertz CT molecular complexity index is 463. The third-order valence-electron chi connectivity index (χ3n) is 2.32. The second-order valence-corrected chi connectivity index (χ2v) is 3.82. The molecule has 0 aliphatic carbocycles. The summed E-state index contributed by atoms with van der Waals surface area (Å²) in [5.74, 6) is -1.90. The SMILES string of the molecule is CCC(Nc1cc(NC(C)=O)ccc1F)C(=O)O. The van der Waals surface area contributed by atoms with Crippen molar-refractivity contribution in [2.24, 2.45) is 0 Å². The van der Waals surface area contributed by atoms with Crippen LogP contribution in [0, 0.1) is 5.82 Å². The lowest BCUT2D eigenvalue weighted by Gasteiger charge is -2.15. The number of rotatable bonds is 5. The Hall–Kier alpha value is -2.11. The molecule has 0 fully saturated rings. The van der Waals surface area contributed by atoms with Crippen molar-refractivity contribution in [1.29, 1.82) is 0 Å². The monoisotopic (exact) mass is 254 g/mol. The van der Waals surface area contributed by atoms with E-state index in [2.05, 4.69) is 10.6 Å². The lowest BCUT2D eigenvalue weighted by atomic mass is 10.2. The molecule has 1 amide bonds. The highest BCUT2D eigenvalue weighted by Gasteiger charge is 2.16. The van der Waals surface area contributed by atoms with Gasteiger partial charge in [-0.2, -0.15) is 0 Å². The molecule has 18 heavy (non-hydrogen) atoms. The Morgan fingerprint density at radius 3 is 2.61 bits per heavy atom. The minimum atomic E-state index is -1.05. The predicted octanol–water partition coefficient (Wildman–Crippen LogP) is 2.06. The molecule has 0 bridgehead atoms. The van der Waals surface area contributed by atoms with Crippen LogP contribution in [0.2, 0.25) is 0 Å². The van der Waals surface area contributed by atoms with Crippen molar-refractivity contribution in [2.45, 2.75) is 26.3 Å². The molecule has 0 saturated heterocycles. The molecule has 0 saturated carbocycles. The molecular weight excluding hydrogens is 239 g/mol. The van der Waals surface area contributed by atoms with Crippen molar-refractivity contribution in [2.75, 3.05) is 10.6 Å². The van der Waals surface area contributed by atoms with E-state index in [-0.39, 0.29) is 11.6 Å². The number of carbonyl (C=O) groups is 2. The van der Waals surface area contributed by atoms with Crippen molar-refractivity contribution >= 4 is 23.3 Å². The smallest absolute Gasteiger partial charge is 0.326 e. The van der Waals surface area contributed by atoms with Gasteiger partial charge in [0.25, 0.3) is 0 Å². The van der Waals surface area contributed by atoms with E-state index in [1.165, 1.54) is 25.1 Å². The number of hydrogen-bond acceptors (Lipinski definition) is 3. The highest BCUT2D eigenvalue weighted by Crippen LogP contribution is 2.21. The first-order valence-corrected chi connectivity index (χ1v) is 5.50. The second kappa shape index (κ2) is 6.00. The minimum absolute atomic E-state index is 0.0514. The first kappa shape index (κ1) is 14.0. The Morgan fingerprint density at radius 1 is 1.44 bits per heavy atom. The maximum atomic E-state index is 13.5. The van der Waals surface area contributed by atoms with E-state index in [0.717, 1.165) is 0 Å². The van der Waals surface area contributed by atoms with Gasteiger partial charge in [0.15, 0.2) is 0 Å². The zero-order chi connectivity index (χ0) is 13.7. The molecule has 6 heteroatoms. The zero-order valence-corrected chi connectivity index (χ0v) is 10.2. The van der Waals surface area contributed by atoms with E-state index in [4.69, 9.17) is 5.11 Å². The first-order valence-electron chi connectivity index (χ1n) is 5.50. The summed E-state index contributed by atoms with van der Waals surface area (Å²) in [7, 11) is 0. The number of halogens is 1. The van der Waals surface area contributed by atoms with Gasteiger partial charge in [-0.25, -0.2) is 9.18 Å². The number of anilines is 2. The summed E-state index contributed by atoms with van der Waals surface area (Å²) in [5.41, 5.74) is 0.460. The molecule has 0 radical (unpaired) electrons. The third kappa shape index (κ3) is 3.73. The molecule has 0 aromatic heterocycles. The van der Waals surface area contributed by atoms with E-state index >= 15 is 0 Å². The van der Waals surface area contributed by atoms with Crippen LogP contribution in [0.4, 0.5) is 15.8 Å². The Labute approximate surface area is 104 Å². The summed E-state index contributed by atoms with van der Waals surface area (Å²) in [6.45, 7) is 3.02. The minimum Gasteiger partial charge on any atom is -0.480 e. The van der Waals surface area contributed by atoms with Crippen molar-refractivity contribution in [3.63, 3.8) is 0 Å². The van der Waals surface area contributed by atoms with Gasteiger partial charge in [0.2, 0.25) is 5.91 Å². The van der Waals surface area contributed by atoms with Crippen LogP contribution in [0.1, 0.15) is 20.3 Å². The van der Waals surface area contributed by atoms with E-state index < -0.39 is 17.8 Å². The van der Waals surface area contributed by atoms with E-state index in [1.807, 2.05) is 0 Å². The van der Waals surface area contributed by atoms with Gasteiger partial charge >= 0.3 is 5.97 Å². The number of amides is 1. The van der Waals surface area contributed by atoms with Gasteiger partial charge < -0.3 is 15.7 Å². The van der Waals surface area contributed by atoms with Gasteiger partial charge in [-0.05, 0) is 24.6 Å². The number of hydrogen-bond donors (Lipinski definition) is 3. The van der Waals surface area contributed by atoms with Crippen LogP contribution in [0.15, 0.2) is 18.2 Å². The topological polar surface area (TPSA) is 78.4 Å². The average Bonchev–Trinajstić information content (AvgIpc) is 2.28. The standard InChI is InChI=1S/C12H15FN2O3/c1-3-10(12(17)18)15-11-6-8(14-7(2)16)4-5-9(11)13/h4-6,10,15H,3H2,1-2H3,(H,14,16)(H,17,18). The summed E-state index contributed by atoms with van der Waals surface area (Å²) in [6.07, 6.45) is 0.319. The highest BCUT2D eigenvalue weighted by molar-refractivity contribution is 5.89. The average molecular weight is 254 g/mol. The quantitative estimate of drug-likeness (QED) is 0.751. The molecule has 1 rings (SSSR count). The van der Waals surface area contributed by atoms with Crippen LogP contribution in [-0.4, -0.2) is 23.0 Å². The van der Waals surface area contributed by atoms with Crippen LogP contribution < -0.4 is 10.6 Å². The maximum Gasteiger partial charge on any atom is 0.326 e. The number of carbonyl (C=O) groups excluding carboxylic acids is 1. The van der Waals surface area contributed by atoms with Crippen molar-refractivity contribution in [1.82, 2.24) is 0 Å². The molecule has 1 aromatic rings. The molecule has 98 valence electrons. The molecule has 0 aliphatic rings. The molecule has 1 unspecified atom stereocenters. The van der Waals surface area contributed by atoms with Crippen LogP contribution in [0.25, 0.3) is 0 Å². The van der Waals surface area contributed by atoms with Crippen LogP contribution >= 0.6 is 0 Å². The number of nitrogens with one attached hydrogen (secondary N) is 2. The molecule has 1 aromatic carbocycles. The van der Waals surface area contributed by atoms with Crippen molar-refractivity contribution in [3.05, 3.63) is 24.0 Å². The molecular formula is C12H15FN2O3. The van der Waals surface area contributed by atoms with Gasteiger partial charge in [-0.3, -0.25) is 4.79 Å².